The van der Waals surface area contributed by atoms with Crippen LogP contribution in [0.4, 0.5) is 0 Å². The van der Waals surface area contributed by atoms with E-state index >= 15 is 0 Å². The van der Waals surface area contributed by atoms with Gasteiger partial charge in [0.25, 0.3) is 0 Å². The van der Waals surface area contributed by atoms with Crippen molar-refractivity contribution in [3.05, 3.63) is 72.2 Å². The molecule has 0 spiro atoms. The molecule has 0 bridgehead atoms. The molecule has 0 unspecified atom stereocenters. The number of hydrogen-bond acceptors (Lipinski definition) is 4. The number of ether oxygens (including phenoxy) is 2. The fourth-order valence-corrected chi connectivity index (χ4v) is 3.29. The van der Waals surface area contributed by atoms with Crippen LogP contribution in [0.1, 0.15) is 11.4 Å². The van der Waals surface area contributed by atoms with Crippen molar-refractivity contribution in [3.8, 4) is 17.0 Å². The average molecular weight is 377 g/mol. The van der Waals surface area contributed by atoms with Gasteiger partial charge in [0.2, 0.25) is 5.91 Å². The van der Waals surface area contributed by atoms with Crippen LogP contribution in [0.3, 0.4) is 0 Å². The van der Waals surface area contributed by atoms with E-state index in [2.05, 4.69) is 14.9 Å². The summed E-state index contributed by atoms with van der Waals surface area (Å²) in [5.74, 6) is 1.73. The van der Waals surface area contributed by atoms with E-state index in [1.165, 1.54) is 0 Å². The Balaban J connectivity index is 1.34. The maximum absolute atomic E-state index is 12.1. The zero-order valence-corrected chi connectivity index (χ0v) is 15.8. The van der Waals surface area contributed by atoms with Crippen molar-refractivity contribution in [2.75, 3.05) is 13.7 Å². The lowest BCUT2D eigenvalue weighted by molar-refractivity contribution is -0.121. The van der Waals surface area contributed by atoms with Gasteiger partial charge in [-0.15, -0.1) is 0 Å². The molecular weight excluding hydrogens is 354 g/mol. The molecule has 0 aliphatic carbocycles. The Kier molecular flexibility index (Phi) is 5.39. The first-order chi connectivity index (χ1) is 13.7. The first kappa shape index (κ1) is 18.3. The van der Waals surface area contributed by atoms with Crippen LogP contribution in [0, 0.1) is 0 Å². The van der Waals surface area contributed by atoms with Gasteiger partial charge in [0.05, 0.1) is 31.9 Å². The number of nitrogens with one attached hydrogen (secondary N) is 1. The summed E-state index contributed by atoms with van der Waals surface area (Å²) in [4.78, 5) is 16.8. The van der Waals surface area contributed by atoms with Gasteiger partial charge in [-0.2, -0.15) is 0 Å². The quantitative estimate of drug-likeness (QED) is 0.717. The van der Waals surface area contributed by atoms with Gasteiger partial charge < -0.3 is 19.4 Å². The lowest BCUT2D eigenvalue weighted by Crippen LogP contribution is -2.39. The Morgan fingerprint density at radius 2 is 2.00 bits per heavy atom. The topological polar surface area (TPSA) is 65.4 Å². The van der Waals surface area contributed by atoms with Crippen LogP contribution in [0.2, 0.25) is 0 Å². The van der Waals surface area contributed by atoms with Crippen LogP contribution < -0.4 is 10.1 Å². The molecule has 144 valence electrons. The molecule has 4 rings (SSSR count). The molecule has 1 aliphatic heterocycles. The molecule has 1 atom stereocenters. The van der Waals surface area contributed by atoms with Crippen LogP contribution in [0.15, 0.2) is 60.8 Å². The normalized spacial score (nSPS) is 15.7. The zero-order valence-electron chi connectivity index (χ0n) is 15.8. The van der Waals surface area contributed by atoms with E-state index < -0.39 is 0 Å². The number of fused-ring (bicyclic) bond motifs is 1. The Morgan fingerprint density at radius 3 is 2.75 bits per heavy atom. The average Bonchev–Trinajstić information content (AvgIpc) is 3.16. The molecule has 0 saturated carbocycles. The van der Waals surface area contributed by atoms with Crippen molar-refractivity contribution in [3.63, 3.8) is 0 Å². The highest BCUT2D eigenvalue weighted by Crippen LogP contribution is 2.24. The molecule has 2 heterocycles. The molecule has 3 aromatic rings. The number of hydrogen-bond donors (Lipinski definition) is 1. The minimum absolute atomic E-state index is 0.00477. The van der Waals surface area contributed by atoms with Gasteiger partial charge in [-0.05, 0) is 29.8 Å². The number of methoxy groups -OCH3 is 1. The number of rotatable bonds is 6. The standard InChI is InChI=1S/C22H23N3O3/c1-27-18-9-7-17(8-10-18)20-14-25-13-19(28-15-21(25)24-20)12-23-22(26)11-16-5-3-2-4-6-16/h2-10,14,19H,11-13,15H2,1H3,(H,23,26)/t19-/m0/s1. The Labute approximate surface area is 164 Å². The molecular formula is C22H23N3O3. The summed E-state index contributed by atoms with van der Waals surface area (Å²) in [6.07, 6.45) is 2.36. The first-order valence-corrected chi connectivity index (χ1v) is 9.34. The van der Waals surface area contributed by atoms with Crippen LogP contribution >= 0.6 is 0 Å². The molecule has 1 amide bonds. The van der Waals surface area contributed by atoms with Crippen molar-refractivity contribution in [2.45, 2.75) is 25.7 Å². The minimum Gasteiger partial charge on any atom is -0.497 e. The fourth-order valence-electron chi connectivity index (χ4n) is 3.29. The minimum atomic E-state index is -0.0647. The van der Waals surface area contributed by atoms with E-state index in [1.54, 1.807) is 7.11 Å². The van der Waals surface area contributed by atoms with Crippen molar-refractivity contribution in [1.29, 1.82) is 0 Å². The summed E-state index contributed by atoms with van der Waals surface area (Å²) < 4.78 is 13.2. The Hall–Kier alpha value is -3.12. The summed E-state index contributed by atoms with van der Waals surface area (Å²) in [7, 11) is 1.65. The molecule has 1 N–H and O–H groups in total. The van der Waals surface area contributed by atoms with Gasteiger partial charge in [-0.1, -0.05) is 30.3 Å². The van der Waals surface area contributed by atoms with E-state index in [1.807, 2.05) is 60.8 Å². The molecule has 6 heteroatoms. The number of nitrogens with zero attached hydrogens (tertiary/aromatic N) is 2. The van der Waals surface area contributed by atoms with Gasteiger partial charge in [0.15, 0.2) is 0 Å². The number of amides is 1. The lowest BCUT2D eigenvalue weighted by Gasteiger charge is -2.24. The number of benzene rings is 2. The predicted molar refractivity (Wildman–Crippen MR) is 106 cm³/mol. The molecule has 1 aliphatic rings. The summed E-state index contributed by atoms with van der Waals surface area (Å²) in [6.45, 7) is 1.60. The van der Waals surface area contributed by atoms with Gasteiger partial charge in [0.1, 0.15) is 18.2 Å². The number of aromatic nitrogens is 2. The smallest absolute Gasteiger partial charge is 0.224 e. The molecule has 0 saturated heterocycles. The third kappa shape index (κ3) is 4.23. The SMILES string of the molecule is COc1ccc(-c2cn3c(n2)CO[C@@H](CNC(=O)Cc2ccccc2)C3)cc1. The van der Waals surface area contributed by atoms with E-state index in [9.17, 15) is 4.79 Å². The monoisotopic (exact) mass is 377 g/mol. The maximum atomic E-state index is 12.1. The zero-order chi connectivity index (χ0) is 19.3. The maximum Gasteiger partial charge on any atom is 0.224 e. The Bertz CT molecular complexity index is 935. The van der Waals surface area contributed by atoms with E-state index in [4.69, 9.17) is 9.47 Å². The fraction of sp³-hybridized carbons (Fsp3) is 0.273. The molecule has 0 fully saturated rings. The highest BCUT2D eigenvalue weighted by atomic mass is 16.5. The molecule has 2 aromatic carbocycles. The number of carbonyl (C=O) groups is 1. The van der Waals surface area contributed by atoms with Gasteiger partial charge in [0, 0.05) is 18.3 Å². The first-order valence-electron chi connectivity index (χ1n) is 9.34. The highest BCUT2D eigenvalue weighted by Gasteiger charge is 2.21. The van der Waals surface area contributed by atoms with Crippen LogP contribution in [-0.4, -0.2) is 35.2 Å². The predicted octanol–water partition coefficient (Wildman–Crippen LogP) is 2.82. The van der Waals surface area contributed by atoms with Crippen molar-refractivity contribution in [1.82, 2.24) is 14.9 Å². The van der Waals surface area contributed by atoms with Crippen molar-refractivity contribution >= 4 is 5.91 Å². The van der Waals surface area contributed by atoms with Crippen LogP contribution in [-0.2, 0) is 29.1 Å². The molecule has 6 nitrogen and oxygen atoms in total. The molecule has 0 radical (unpaired) electrons. The molecule has 28 heavy (non-hydrogen) atoms. The third-order valence-corrected chi connectivity index (χ3v) is 4.83. The van der Waals surface area contributed by atoms with Crippen LogP contribution in [0.5, 0.6) is 5.75 Å². The van der Waals surface area contributed by atoms with Gasteiger partial charge >= 0.3 is 0 Å². The van der Waals surface area contributed by atoms with Crippen molar-refractivity contribution in [2.24, 2.45) is 0 Å². The van der Waals surface area contributed by atoms with E-state index in [0.717, 1.165) is 28.4 Å². The van der Waals surface area contributed by atoms with Crippen LogP contribution in [0.25, 0.3) is 11.3 Å². The summed E-state index contributed by atoms with van der Waals surface area (Å²) in [5.41, 5.74) is 2.95. The van der Waals surface area contributed by atoms with E-state index in [0.29, 0.717) is 26.1 Å². The summed E-state index contributed by atoms with van der Waals surface area (Å²) in [5, 5.41) is 2.97. The second kappa shape index (κ2) is 8.27. The summed E-state index contributed by atoms with van der Waals surface area (Å²) >= 11 is 0. The number of imidazole rings is 1. The van der Waals surface area contributed by atoms with Gasteiger partial charge in [-0.25, -0.2) is 4.98 Å². The van der Waals surface area contributed by atoms with E-state index in [-0.39, 0.29) is 12.0 Å². The van der Waals surface area contributed by atoms with Gasteiger partial charge in [-0.3, -0.25) is 4.79 Å². The molecule has 1 aromatic heterocycles. The lowest BCUT2D eigenvalue weighted by atomic mass is 10.1. The Morgan fingerprint density at radius 1 is 1.21 bits per heavy atom. The number of carbonyl (C=O) groups excluding carboxylic acids is 1. The largest absolute Gasteiger partial charge is 0.497 e. The summed E-state index contributed by atoms with van der Waals surface area (Å²) in [6, 6.07) is 17.6. The van der Waals surface area contributed by atoms with Crippen molar-refractivity contribution < 1.29 is 14.3 Å². The second-order valence-corrected chi connectivity index (χ2v) is 6.82. The third-order valence-electron chi connectivity index (χ3n) is 4.83. The second-order valence-electron chi connectivity index (χ2n) is 6.82. The highest BCUT2D eigenvalue weighted by molar-refractivity contribution is 5.78.